The zero-order chi connectivity index (χ0) is 17.1. The minimum Gasteiger partial charge on any atom is -0.495 e. The van der Waals surface area contributed by atoms with Gasteiger partial charge in [-0.3, -0.25) is 4.90 Å². The first kappa shape index (κ1) is 16.8. The van der Waals surface area contributed by atoms with Crippen molar-refractivity contribution in [1.82, 2.24) is 9.88 Å². The van der Waals surface area contributed by atoms with Gasteiger partial charge >= 0.3 is 5.97 Å². The number of fused-ring (bicyclic) bond motifs is 1. The SMILES string of the molecule is COc1cnc2c(c1)CN(Cc1ccc(C(=O)O)c(C)c1)CCS2. The minimum absolute atomic E-state index is 0.365. The van der Waals surface area contributed by atoms with E-state index in [-0.39, 0.29) is 0 Å². The Morgan fingerprint density at radius 3 is 2.96 bits per heavy atom. The van der Waals surface area contributed by atoms with Crippen LogP contribution in [0.4, 0.5) is 0 Å². The molecule has 0 atom stereocenters. The van der Waals surface area contributed by atoms with Crippen molar-refractivity contribution >= 4 is 17.7 Å². The Balaban J connectivity index is 1.78. The average Bonchev–Trinajstić information content (AvgIpc) is 2.75. The van der Waals surface area contributed by atoms with Gasteiger partial charge in [-0.1, -0.05) is 12.1 Å². The van der Waals surface area contributed by atoms with Crippen LogP contribution in [-0.2, 0) is 13.1 Å². The lowest BCUT2D eigenvalue weighted by molar-refractivity contribution is 0.0696. The zero-order valence-corrected chi connectivity index (χ0v) is 14.6. The number of benzene rings is 1. The van der Waals surface area contributed by atoms with Crippen LogP contribution in [0.25, 0.3) is 0 Å². The summed E-state index contributed by atoms with van der Waals surface area (Å²) in [7, 11) is 1.65. The molecule has 0 spiro atoms. The summed E-state index contributed by atoms with van der Waals surface area (Å²) in [6.07, 6.45) is 1.76. The van der Waals surface area contributed by atoms with Crippen molar-refractivity contribution < 1.29 is 14.6 Å². The summed E-state index contributed by atoms with van der Waals surface area (Å²) in [5.74, 6) is 0.883. The van der Waals surface area contributed by atoms with Crippen molar-refractivity contribution in [2.75, 3.05) is 19.4 Å². The van der Waals surface area contributed by atoms with E-state index in [1.54, 1.807) is 31.1 Å². The Morgan fingerprint density at radius 1 is 1.42 bits per heavy atom. The Hall–Kier alpha value is -2.05. The van der Waals surface area contributed by atoms with E-state index in [4.69, 9.17) is 9.84 Å². The normalized spacial score (nSPS) is 14.8. The fraction of sp³-hybridized carbons (Fsp3) is 0.333. The van der Waals surface area contributed by atoms with Crippen LogP contribution in [0.1, 0.15) is 27.0 Å². The highest BCUT2D eigenvalue weighted by molar-refractivity contribution is 7.99. The molecule has 0 unspecified atom stereocenters. The van der Waals surface area contributed by atoms with Gasteiger partial charge in [0.15, 0.2) is 0 Å². The largest absolute Gasteiger partial charge is 0.495 e. The van der Waals surface area contributed by atoms with Gasteiger partial charge in [0.25, 0.3) is 0 Å². The number of aromatic nitrogens is 1. The monoisotopic (exact) mass is 344 g/mol. The Morgan fingerprint density at radius 2 is 2.25 bits per heavy atom. The summed E-state index contributed by atoms with van der Waals surface area (Å²) in [4.78, 5) is 18.0. The molecule has 0 amide bonds. The second kappa shape index (κ2) is 7.23. The number of hydrogen-bond acceptors (Lipinski definition) is 5. The number of ether oxygens (including phenoxy) is 1. The van der Waals surface area contributed by atoms with Gasteiger partial charge in [0.05, 0.1) is 18.9 Å². The maximum absolute atomic E-state index is 11.1. The summed E-state index contributed by atoms with van der Waals surface area (Å²) in [5.41, 5.74) is 3.47. The maximum atomic E-state index is 11.1. The second-order valence-corrected chi connectivity index (χ2v) is 6.94. The highest BCUT2D eigenvalue weighted by Gasteiger charge is 2.17. The lowest BCUT2D eigenvalue weighted by atomic mass is 10.0. The van der Waals surface area contributed by atoms with E-state index in [0.29, 0.717) is 5.56 Å². The third kappa shape index (κ3) is 3.71. The van der Waals surface area contributed by atoms with Crippen molar-refractivity contribution in [3.63, 3.8) is 0 Å². The van der Waals surface area contributed by atoms with E-state index in [0.717, 1.165) is 47.3 Å². The van der Waals surface area contributed by atoms with Gasteiger partial charge in [-0.15, -0.1) is 11.8 Å². The lowest BCUT2D eigenvalue weighted by Gasteiger charge is -2.20. The molecule has 3 rings (SSSR count). The molecule has 2 heterocycles. The van der Waals surface area contributed by atoms with E-state index >= 15 is 0 Å². The molecular formula is C18H20N2O3S. The standard InChI is InChI=1S/C18H20N2O3S/c1-12-7-13(3-4-16(12)18(21)22)10-20-5-6-24-17-14(11-20)8-15(23-2)9-19-17/h3-4,7-9H,5-6,10-11H2,1-2H3,(H,21,22). The highest BCUT2D eigenvalue weighted by Crippen LogP contribution is 2.28. The smallest absolute Gasteiger partial charge is 0.335 e. The molecule has 0 radical (unpaired) electrons. The summed E-state index contributed by atoms with van der Waals surface area (Å²) >= 11 is 1.77. The van der Waals surface area contributed by atoms with Crippen LogP contribution in [0.3, 0.4) is 0 Å². The molecule has 1 aliphatic heterocycles. The number of carbonyl (C=O) groups is 1. The van der Waals surface area contributed by atoms with Crippen molar-refractivity contribution in [3.8, 4) is 5.75 Å². The highest BCUT2D eigenvalue weighted by atomic mass is 32.2. The minimum atomic E-state index is -0.877. The van der Waals surface area contributed by atoms with Gasteiger partial charge < -0.3 is 9.84 Å². The van der Waals surface area contributed by atoms with Gasteiger partial charge in [0.2, 0.25) is 0 Å². The van der Waals surface area contributed by atoms with Crippen molar-refractivity contribution in [2.24, 2.45) is 0 Å². The lowest BCUT2D eigenvalue weighted by Crippen LogP contribution is -2.24. The molecule has 126 valence electrons. The number of hydrogen-bond donors (Lipinski definition) is 1. The van der Waals surface area contributed by atoms with E-state index in [1.807, 2.05) is 25.1 Å². The van der Waals surface area contributed by atoms with Gasteiger partial charge in [-0.05, 0) is 30.2 Å². The number of carboxylic acid groups (broad SMARTS) is 1. The Kier molecular flexibility index (Phi) is 5.06. The van der Waals surface area contributed by atoms with Crippen molar-refractivity contribution in [3.05, 3.63) is 52.7 Å². The summed E-state index contributed by atoms with van der Waals surface area (Å²) in [6.45, 7) is 4.41. The van der Waals surface area contributed by atoms with Crippen LogP contribution < -0.4 is 4.74 Å². The molecular weight excluding hydrogens is 324 g/mol. The third-order valence-electron chi connectivity index (χ3n) is 4.10. The second-order valence-electron chi connectivity index (χ2n) is 5.85. The zero-order valence-electron chi connectivity index (χ0n) is 13.8. The first-order valence-electron chi connectivity index (χ1n) is 7.77. The predicted molar refractivity (Wildman–Crippen MR) is 93.8 cm³/mol. The van der Waals surface area contributed by atoms with Gasteiger partial charge in [0.1, 0.15) is 10.8 Å². The molecule has 0 aliphatic carbocycles. The van der Waals surface area contributed by atoms with E-state index in [2.05, 4.69) is 9.88 Å². The maximum Gasteiger partial charge on any atom is 0.335 e. The van der Waals surface area contributed by atoms with Crippen molar-refractivity contribution in [2.45, 2.75) is 25.0 Å². The first-order chi connectivity index (χ1) is 11.6. The van der Waals surface area contributed by atoms with Crippen LogP contribution in [0, 0.1) is 6.92 Å². The van der Waals surface area contributed by atoms with Gasteiger partial charge in [0, 0.05) is 31.0 Å². The number of methoxy groups -OCH3 is 1. The molecule has 5 nitrogen and oxygen atoms in total. The quantitative estimate of drug-likeness (QED) is 0.919. The van der Waals surface area contributed by atoms with E-state index in [9.17, 15) is 4.79 Å². The number of thioether (sulfide) groups is 1. The topological polar surface area (TPSA) is 62.7 Å². The Labute approximate surface area is 145 Å². The molecule has 6 heteroatoms. The fourth-order valence-corrected chi connectivity index (χ4v) is 3.86. The number of carboxylic acids is 1. The molecule has 0 saturated carbocycles. The van der Waals surface area contributed by atoms with E-state index in [1.165, 1.54) is 5.56 Å². The number of nitrogens with zero attached hydrogens (tertiary/aromatic N) is 2. The van der Waals surface area contributed by atoms with E-state index < -0.39 is 5.97 Å². The molecule has 0 bridgehead atoms. The Bertz CT molecular complexity index is 764. The van der Waals surface area contributed by atoms with Gasteiger partial charge in [-0.2, -0.15) is 0 Å². The van der Waals surface area contributed by atoms with Crippen LogP contribution in [-0.4, -0.2) is 40.4 Å². The molecule has 1 N–H and O–H groups in total. The molecule has 0 saturated heterocycles. The van der Waals surface area contributed by atoms with Crippen LogP contribution >= 0.6 is 11.8 Å². The number of aryl methyl sites for hydroxylation is 1. The molecule has 24 heavy (non-hydrogen) atoms. The molecule has 1 aromatic heterocycles. The third-order valence-corrected chi connectivity index (χ3v) is 5.13. The first-order valence-corrected chi connectivity index (χ1v) is 8.76. The molecule has 0 fully saturated rings. The predicted octanol–water partition coefficient (Wildman–Crippen LogP) is 3.20. The van der Waals surface area contributed by atoms with Crippen LogP contribution in [0.2, 0.25) is 0 Å². The fourth-order valence-electron chi connectivity index (χ4n) is 2.88. The molecule has 1 aliphatic rings. The summed E-state index contributed by atoms with van der Waals surface area (Å²) in [6, 6.07) is 7.61. The summed E-state index contributed by atoms with van der Waals surface area (Å²) in [5, 5.41) is 10.2. The number of aromatic carboxylic acids is 1. The van der Waals surface area contributed by atoms with Gasteiger partial charge in [-0.25, -0.2) is 9.78 Å². The number of rotatable bonds is 4. The summed E-state index contributed by atoms with van der Waals surface area (Å²) < 4.78 is 5.28. The average molecular weight is 344 g/mol. The molecule has 1 aromatic carbocycles. The van der Waals surface area contributed by atoms with Crippen LogP contribution in [0.15, 0.2) is 35.5 Å². The van der Waals surface area contributed by atoms with Crippen LogP contribution in [0.5, 0.6) is 5.75 Å². The number of pyridine rings is 1. The molecule has 2 aromatic rings. The van der Waals surface area contributed by atoms with Crippen molar-refractivity contribution in [1.29, 1.82) is 0 Å².